The fourth-order valence-corrected chi connectivity index (χ4v) is 2.08. The van der Waals surface area contributed by atoms with Gasteiger partial charge in [-0.1, -0.05) is 57.2 Å². The number of halogens is 1. The summed E-state index contributed by atoms with van der Waals surface area (Å²) in [5.41, 5.74) is 7.92. The molecule has 22 heavy (non-hydrogen) atoms. The molecule has 0 spiro atoms. The Morgan fingerprint density at radius 3 is 2.27 bits per heavy atom. The predicted molar refractivity (Wildman–Crippen MR) is 92.5 cm³/mol. The van der Waals surface area contributed by atoms with Crippen LogP contribution >= 0.6 is 12.4 Å². The molecule has 0 aliphatic heterocycles. The predicted octanol–water partition coefficient (Wildman–Crippen LogP) is 4.44. The van der Waals surface area contributed by atoms with Gasteiger partial charge < -0.3 is 15.6 Å². The van der Waals surface area contributed by atoms with Crippen molar-refractivity contribution in [3.8, 4) is 11.5 Å². The van der Waals surface area contributed by atoms with Crippen molar-refractivity contribution in [2.45, 2.75) is 33.4 Å². The Balaban J connectivity index is 0.00000242. The van der Waals surface area contributed by atoms with E-state index in [1.807, 2.05) is 42.5 Å². The SMILES string of the molecule is CC(C)(C)[C@@H](N)c1ccc(OCc2ccccc2)cc1O.Cl. The Hall–Kier alpha value is -1.71. The first-order valence-electron chi connectivity index (χ1n) is 7.13. The van der Waals surface area contributed by atoms with Crippen LogP contribution in [0.3, 0.4) is 0 Å². The molecule has 2 aromatic carbocycles. The molecular formula is C18H24ClNO2. The van der Waals surface area contributed by atoms with Gasteiger partial charge in [-0.2, -0.15) is 0 Å². The maximum absolute atomic E-state index is 10.2. The smallest absolute Gasteiger partial charge is 0.124 e. The minimum atomic E-state index is -0.222. The van der Waals surface area contributed by atoms with Crippen LogP contribution in [-0.4, -0.2) is 5.11 Å². The number of ether oxygens (including phenoxy) is 1. The molecular weight excluding hydrogens is 298 g/mol. The van der Waals surface area contributed by atoms with E-state index in [0.717, 1.165) is 11.1 Å². The van der Waals surface area contributed by atoms with E-state index in [9.17, 15) is 5.11 Å². The van der Waals surface area contributed by atoms with Gasteiger partial charge in [0.15, 0.2) is 0 Å². The summed E-state index contributed by atoms with van der Waals surface area (Å²) in [6.45, 7) is 6.63. The highest BCUT2D eigenvalue weighted by atomic mass is 35.5. The highest BCUT2D eigenvalue weighted by Gasteiger charge is 2.24. The van der Waals surface area contributed by atoms with Crippen LogP contribution in [0.2, 0.25) is 0 Å². The molecule has 3 N–H and O–H groups in total. The van der Waals surface area contributed by atoms with Gasteiger partial charge >= 0.3 is 0 Å². The molecule has 0 aromatic heterocycles. The Morgan fingerprint density at radius 2 is 1.73 bits per heavy atom. The van der Waals surface area contributed by atoms with E-state index in [1.54, 1.807) is 6.07 Å². The largest absolute Gasteiger partial charge is 0.507 e. The average Bonchev–Trinajstić information content (AvgIpc) is 2.45. The fourth-order valence-electron chi connectivity index (χ4n) is 2.08. The third kappa shape index (κ3) is 4.65. The number of nitrogens with two attached hydrogens (primary N) is 1. The third-order valence-electron chi connectivity index (χ3n) is 3.52. The summed E-state index contributed by atoms with van der Waals surface area (Å²) in [5.74, 6) is 0.823. The topological polar surface area (TPSA) is 55.5 Å². The number of rotatable bonds is 4. The van der Waals surface area contributed by atoms with Crippen LogP contribution in [0.4, 0.5) is 0 Å². The maximum atomic E-state index is 10.2. The first-order valence-corrected chi connectivity index (χ1v) is 7.13. The second-order valence-corrected chi connectivity index (χ2v) is 6.34. The Kier molecular flexibility index (Phi) is 6.27. The monoisotopic (exact) mass is 321 g/mol. The van der Waals surface area contributed by atoms with Crippen molar-refractivity contribution < 1.29 is 9.84 Å². The molecule has 0 bridgehead atoms. The summed E-state index contributed by atoms with van der Waals surface area (Å²) in [6, 6.07) is 15.0. The first-order chi connectivity index (χ1) is 9.88. The number of benzene rings is 2. The second kappa shape index (κ2) is 7.52. The van der Waals surface area contributed by atoms with Gasteiger partial charge in [-0.25, -0.2) is 0 Å². The lowest BCUT2D eigenvalue weighted by atomic mass is 9.83. The number of hydrogen-bond acceptors (Lipinski definition) is 3. The molecule has 0 radical (unpaired) electrons. The molecule has 0 saturated carbocycles. The maximum Gasteiger partial charge on any atom is 0.124 e. The highest BCUT2D eigenvalue weighted by molar-refractivity contribution is 5.85. The summed E-state index contributed by atoms with van der Waals surface area (Å²) >= 11 is 0. The van der Waals surface area contributed by atoms with Crippen LogP contribution in [-0.2, 0) is 6.61 Å². The number of aromatic hydroxyl groups is 1. The van der Waals surface area contributed by atoms with Gasteiger partial charge in [-0.3, -0.25) is 0 Å². The van der Waals surface area contributed by atoms with Crippen molar-refractivity contribution in [3.63, 3.8) is 0 Å². The molecule has 0 heterocycles. The highest BCUT2D eigenvalue weighted by Crippen LogP contribution is 2.36. The van der Waals surface area contributed by atoms with Crippen LogP contribution < -0.4 is 10.5 Å². The summed E-state index contributed by atoms with van der Waals surface area (Å²) < 4.78 is 5.69. The van der Waals surface area contributed by atoms with Crippen molar-refractivity contribution in [2.75, 3.05) is 0 Å². The molecule has 0 fully saturated rings. The van der Waals surface area contributed by atoms with Gasteiger partial charge in [-0.05, 0) is 17.0 Å². The summed E-state index contributed by atoms with van der Waals surface area (Å²) in [4.78, 5) is 0. The lowest BCUT2D eigenvalue weighted by Crippen LogP contribution is -2.26. The van der Waals surface area contributed by atoms with Crippen LogP contribution in [0.25, 0.3) is 0 Å². The minimum absolute atomic E-state index is 0. The van der Waals surface area contributed by atoms with E-state index in [2.05, 4.69) is 20.8 Å². The van der Waals surface area contributed by atoms with Crippen LogP contribution in [0.15, 0.2) is 48.5 Å². The summed E-state index contributed by atoms with van der Waals surface area (Å²) in [5, 5.41) is 10.2. The van der Waals surface area contributed by atoms with Gasteiger partial charge in [0.2, 0.25) is 0 Å². The molecule has 0 aliphatic carbocycles. The van der Waals surface area contributed by atoms with Crippen LogP contribution in [0, 0.1) is 5.41 Å². The third-order valence-corrected chi connectivity index (χ3v) is 3.52. The normalized spacial score (nSPS) is 12.4. The molecule has 0 unspecified atom stereocenters. The zero-order chi connectivity index (χ0) is 15.5. The summed E-state index contributed by atoms with van der Waals surface area (Å²) in [6.07, 6.45) is 0. The first kappa shape index (κ1) is 18.3. The van der Waals surface area contributed by atoms with Crippen LogP contribution in [0.5, 0.6) is 11.5 Å². The van der Waals surface area contributed by atoms with Crippen molar-refractivity contribution in [3.05, 3.63) is 59.7 Å². The van der Waals surface area contributed by atoms with Gasteiger partial charge in [0.1, 0.15) is 18.1 Å². The standard InChI is InChI=1S/C18H23NO2.ClH/c1-18(2,3)17(19)15-10-9-14(11-16(15)20)21-12-13-7-5-4-6-8-13;/h4-11,17,20H,12,19H2,1-3H3;1H/t17-;/m0./s1. The molecule has 4 heteroatoms. The van der Waals surface area contributed by atoms with E-state index in [1.165, 1.54) is 0 Å². The summed E-state index contributed by atoms with van der Waals surface area (Å²) in [7, 11) is 0. The number of phenols is 1. The van der Waals surface area contributed by atoms with Crippen molar-refractivity contribution in [2.24, 2.45) is 11.1 Å². The van der Waals surface area contributed by atoms with Gasteiger partial charge in [-0.15, -0.1) is 12.4 Å². The quantitative estimate of drug-likeness (QED) is 0.875. The van der Waals surface area contributed by atoms with E-state index in [4.69, 9.17) is 10.5 Å². The van der Waals surface area contributed by atoms with Crippen LogP contribution in [0.1, 0.15) is 37.9 Å². The number of phenolic OH excluding ortho intramolecular Hbond substituents is 1. The van der Waals surface area contributed by atoms with Crippen molar-refractivity contribution in [1.29, 1.82) is 0 Å². The van der Waals surface area contributed by atoms with E-state index < -0.39 is 0 Å². The minimum Gasteiger partial charge on any atom is -0.507 e. The lowest BCUT2D eigenvalue weighted by molar-refractivity contribution is 0.299. The van der Waals surface area contributed by atoms with Crippen molar-refractivity contribution >= 4 is 12.4 Å². The number of hydrogen-bond donors (Lipinski definition) is 2. The van der Waals surface area contributed by atoms with E-state index >= 15 is 0 Å². The molecule has 0 saturated heterocycles. The Labute approximate surface area is 138 Å². The molecule has 0 aliphatic rings. The molecule has 2 aromatic rings. The van der Waals surface area contributed by atoms with Gasteiger partial charge in [0.25, 0.3) is 0 Å². The van der Waals surface area contributed by atoms with Crippen molar-refractivity contribution in [1.82, 2.24) is 0 Å². The molecule has 2 rings (SSSR count). The zero-order valence-electron chi connectivity index (χ0n) is 13.2. The van der Waals surface area contributed by atoms with E-state index in [-0.39, 0.29) is 29.6 Å². The average molecular weight is 322 g/mol. The van der Waals surface area contributed by atoms with E-state index in [0.29, 0.717) is 12.4 Å². The molecule has 3 nitrogen and oxygen atoms in total. The lowest BCUT2D eigenvalue weighted by Gasteiger charge is -2.28. The zero-order valence-corrected chi connectivity index (χ0v) is 14.1. The van der Waals surface area contributed by atoms with Gasteiger partial charge in [0, 0.05) is 17.7 Å². The Bertz CT molecular complexity index is 594. The Morgan fingerprint density at radius 1 is 1.09 bits per heavy atom. The molecule has 0 amide bonds. The molecule has 1 atom stereocenters. The molecule has 120 valence electrons. The fraction of sp³-hybridized carbons (Fsp3) is 0.333. The van der Waals surface area contributed by atoms with Gasteiger partial charge in [0.05, 0.1) is 0 Å². The second-order valence-electron chi connectivity index (χ2n) is 6.34.